The summed E-state index contributed by atoms with van der Waals surface area (Å²) in [6, 6.07) is 3.66. The molecule has 4 rings (SSSR count). The molecule has 1 unspecified atom stereocenters. The molecule has 1 aromatic carbocycles. The lowest BCUT2D eigenvalue weighted by Gasteiger charge is -2.25. The van der Waals surface area contributed by atoms with E-state index in [0.29, 0.717) is 47.5 Å². The van der Waals surface area contributed by atoms with Crippen LogP contribution in [-0.2, 0) is 6.18 Å². The normalized spacial score (nSPS) is 23.0. The van der Waals surface area contributed by atoms with Crippen molar-refractivity contribution in [2.24, 2.45) is 10.9 Å². The average molecular weight is 377 g/mol. The number of allylic oxidation sites excluding steroid dienone is 3. The number of nitrogens with zero attached hydrogens (tertiary/aromatic N) is 2. The van der Waals surface area contributed by atoms with Crippen LogP contribution in [0.1, 0.15) is 30.9 Å². The van der Waals surface area contributed by atoms with Crippen LogP contribution in [-0.4, -0.2) is 36.9 Å². The van der Waals surface area contributed by atoms with Crippen LogP contribution in [0, 0.1) is 5.92 Å². The molecule has 1 aromatic rings. The average Bonchev–Trinajstić information content (AvgIpc) is 2.97. The number of aliphatic imine (C=N–C) groups is 1. The maximum Gasteiger partial charge on any atom is 0.416 e. The number of benzene rings is 1. The minimum atomic E-state index is -4.41. The standard InChI is InChI=1S/C20H22F3N3O/c1-13-3-5-16-18(11-13)27-17-6-4-14(20(21,22)23)12-15(17)19(25-16)26-9-2-7-24-8-10-26/h3-6,12-13,24H,2,7-11H2,1H3. The number of nitrogens with one attached hydrogen (secondary N) is 1. The van der Waals surface area contributed by atoms with Gasteiger partial charge in [0.1, 0.15) is 23.0 Å². The van der Waals surface area contributed by atoms with Crippen LogP contribution >= 0.6 is 0 Å². The first-order valence-electron chi connectivity index (χ1n) is 9.27. The largest absolute Gasteiger partial charge is 0.459 e. The molecule has 1 atom stereocenters. The van der Waals surface area contributed by atoms with E-state index in [-0.39, 0.29) is 0 Å². The number of alkyl halides is 3. The first-order chi connectivity index (χ1) is 12.9. The molecule has 2 heterocycles. The lowest BCUT2D eigenvalue weighted by molar-refractivity contribution is -0.137. The van der Waals surface area contributed by atoms with Gasteiger partial charge in [-0.15, -0.1) is 0 Å². The molecule has 1 fully saturated rings. The molecular weight excluding hydrogens is 355 g/mol. The van der Waals surface area contributed by atoms with Crippen molar-refractivity contribution < 1.29 is 17.9 Å². The number of hydrogen-bond donors (Lipinski definition) is 1. The van der Waals surface area contributed by atoms with Gasteiger partial charge in [-0.05, 0) is 43.2 Å². The highest BCUT2D eigenvalue weighted by atomic mass is 19.4. The molecule has 0 saturated carbocycles. The van der Waals surface area contributed by atoms with Crippen molar-refractivity contribution in [3.8, 4) is 5.75 Å². The van der Waals surface area contributed by atoms with Gasteiger partial charge in [-0.2, -0.15) is 13.2 Å². The predicted molar refractivity (Wildman–Crippen MR) is 97.6 cm³/mol. The Morgan fingerprint density at radius 1 is 1.22 bits per heavy atom. The minimum absolute atomic E-state index is 0.306. The van der Waals surface area contributed by atoms with Crippen LogP contribution in [0.2, 0.25) is 0 Å². The predicted octanol–water partition coefficient (Wildman–Crippen LogP) is 3.95. The Labute approximate surface area is 156 Å². The summed E-state index contributed by atoms with van der Waals surface area (Å²) in [6.07, 6.45) is 1.16. The summed E-state index contributed by atoms with van der Waals surface area (Å²) in [4.78, 5) is 6.84. The van der Waals surface area contributed by atoms with Crippen molar-refractivity contribution in [2.45, 2.75) is 25.9 Å². The number of hydrogen-bond acceptors (Lipinski definition) is 4. The van der Waals surface area contributed by atoms with Crippen LogP contribution in [0.25, 0.3) is 0 Å². The van der Waals surface area contributed by atoms with Gasteiger partial charge in [0.2, 0.25) is 0 Å². The van der Waals surface area contributed by atoms with E-state index in [1.165, 1.54) is 6.07 Å². The second-order valence-corrected chi connectivity index (χ2v) is 7.19. The molecule has 7 heteroatoms. The molecule has 0 radical (unpaired) electrons. The zero-order valence-electron chi connectivity index (χ0n) is 15.1. The monoisotopic (exact) mass is 377 g/mol. The van der Waals surface area contributed by atoms with Gasteiger partial charge in [0, 0.05) is 26.1 Å². The fourth-order valence-corrected chi connectivity index (χ4v) is 3.58. The number of rotatable bonds is 0. The second kappa shape index (κ2) is 7.03. The number of fused-ring (bicyclic) bond motifs is 1. The summed E-state index contributed by atoms with van der Waals surface area (Å²) in [7, 11) is 0. The molecule has 2 aliphatic heterocycles. The Balaban J connectivity index is 1.83. The maximum atomic E-state index is 13.3. The lowest BCUT2D eigenvalue weighted by atomic mass is 10.00. The van der Waals surface area contributed by atoms with Crippen molar-refractivity contribution >= 4 is 5.84 Å². The molecular formula is C20H22F3N3O. The summed E-state index contributed by atoms with van der Waals surface area (Å²) in [6.45, 7) is 5.17. The van der Waals surface area contributed by atoms with Gasteiger partial charge in [0.05, 0.1) is 11.1 Å². The molecule has 4 nitrogen and oxygen atoms in total. The topological polar surface area (TPSA) is 36.9 Å². The zero-order valence-corrected chi connectivity index (χ0v) is 15.1. The quantitative estimate of drug-likeness (QED) is 0.744. The third-order valence-electron chi connectivity index (χ3n) is 5.02. The van der Waals surface area contributed by atoms with Crippen LogP contribution in [0.15, 0.2) is 46.8 Å². The van der Waals surface area contributed by atoms with E-state index >= 15 is 0 Å². The smallest absolute Gasteiger partial charge is 0.416 e. The highest BCUT2D eigenvalue weighted by Gasteiger charge is 2.33. The number of ether oxygens (including phenoxy) is 1. The van der Waals surface area contributed by atoms with Crippen LogP contribution < -0.4 is 10.1 Å². The molecule has 0 spiro atoms. The maximum absolute atomic E-state index is 13.3. The molecule has 27 heavy (non-hydrogen) atoms. The summed E-state index contributed by atoms with van der Waals surface area (Å²) in [5.74, 6) is 2.02. The molecule has 1 saturated heterocycles. The van der Waals surface area contributed by atoms with E-state index in [0.717, 1.165) is 38.2 Å². The molecule has 0 bridgehead atoms. The van der Waals surface area contributed by atoms with Gasteiger partial charge in [-0.1, -0.05) is 13.0 Å². The molecule has 0 aromatic heterocycles. The van der Waals surface area contributed by atoms with Gasteiger partial charge in [-0.3, -0.25) is 0 Å². The Morgan fingerprint density at radius 2 is 2.07 bits per heavy atom. The molecule has 3 aliphatic rings. The van der Waals surface area contributed by atoms with Crippen molar-refractivity contribution in [1.82, 2.24) is 10.2 Å². The van der Waals surface area contributed by atoms with E-state index in [1.54, 1.807) is 0 Å². The second-order valence-electron chi connectivity index (χ2n) is 7.19. The lowest BCUT2D eigenvalue weighted by Crippen LogP contribution is -2.35. The SMILES string of the molecule is CC1C=CC2=C(C1)Oc1ccc(C(F)(F)F)cc1C(N1CCCNCC1)=N2. The molecule has 1 N–H and O–H groups in total. The summed E-state index contributed by atoms with van der Waals surface area (Å²) in [5, 5.41) is 3.32. The Hall–Kier alpha value is -2.28. The van der Waals surface area contributed by atoms with Crippen molar-refractivity contribution in [1.29, 1.82) is 0 Å². The van der Waals surface area contributed by atoms with Crippen LogP contribution in [0.4, 0.5) is 13.2 Å². The van der Waals surface area contributed by atoms with E-state index in [2.05, 4.69) is 23.2 Å². The Bertz CT molecular complexity index is 818. The van der Waals surface area contributed by atoms with Gasteiger partial charge in [0.15, 0.2) is 0 Å². The third kappa shape index (κ3) is 3.74. The van der Waals surface area contributed by atoms with Gasteiger partial charge < -0.3 is 15.0 Å². The first-order valence-corrected chi connectivity index (χ1v) is 9.27. The zero-order chi connectivity index (χ0) is 19.0. The summed E-state index contributed by atoms with van der Waals surface area (Å²) < 4.78 is 46.0. The van der Waals surface area contributed by atoms with E-state index in [4.69, 9.17) is 9.73 Å². The number of amidine groups is 1. The van der Waals surface area contributed by atoms with Gasteiger partial charge in [-0.25, -0.2) is 4.99 Å². The van der Waals surface area contributed by atoms with Crippen molar-refractivity contribution in [3.63, 3.8) is 0 Å². The van der Waals surface area contributed by atoms with E-state index in [1.807, 2.05) is 6.08 Å². The highest BCUT2D eigenvalue weighted by molar-refractivity contribution is 6.02. The van der Waals surface area contributed by atoms with Gasteiger partial charge in [0.25, 0.3) is 0 Å². The number of halogens is 3. The molecule has 0 amide bonds. The highest BCUT2D eigenvalue weighted by Crippen LogP contribution is 2.37. The fourth-order valence-electron chi connectivity index (χ4n) is 3.58. The summed E-state index contributed by atoms with van der Waals surface area (Å²) in [5.41, 5.74) is 0.418. The third-order valence-corrected chi connectivity index (χ3v) is 5.02. The van der Waals surface area contributed by atoms with E-state index in [9.17, 15) is 13.2 Å². The van der Waals surface area contributed by atoms with Gasteiger partial charge >= 0.3 is 6.18 Å². The summed E-state index contributed by atoms with van der Waals surface area (Å²) >= 11 is 0. The molecule has 1 aliphatic carbocycles. The molecule has 144 valence electrons. The van der Waals surface area contributed by atoms with Crippen molar-refractivity contribution in [2.75, 3.05) is 26.2 Å². The first kappa shape index (κ1) is 18.1. The van der Waals surface area contributed by atoms with Crippen LogP contribution in [0.3, 0.4) is 0 Å². The Morgan fingerprint density at radius 3 is 2.89 bits per heavy atom. The van der Waals surface area contributed by atoms with Crippen molar-refractivity contribution in [3.05, 3.63) is 52.9 Å². The Kier molecular flexibility index (Phi) is 4.72. The van der Waals surface area contributed by atoms with Crippen LogP contribution in [0.5, 0.6) is 5.75 Å². The minimum Gasteiger partial charge on any atom is -0.459 e. The van der Waals surface area contributed by atoms with E-state index < -0.39 is 11.7 Å². The fraction of sp³-hybridized carbons (Fsp3) is 0.450.